The minimum atomic E-state index is -0.487. The number of nitrogens with zero attached hydrogens (tertiary/aromatic N) is 5. The number of hydrogen-bond donors (Lipinski definition) is 0. The monoisotopic (exact) mass is 411 g/mol. The third kappa shape index (κ3) is 3.63. The molecule has 4 rings (SSSR count). The van der Waals surface area contributed by atoms with Crippen LogP contribution in [0.4, 0.5) is 17.1 Å². The quantitative estimate of drug-likeness (QED) is 0.343. The third-order valence-corrected chi connectivity index (χ3v) is 5.27. The molecule has 0 N–H and O–H groups in total. The van der Waals surface area contributed by atoms with Crippen LogP contribution in [-0.2, 0) is 22.5 Å². The van der Waals surface area contributed by atoms with E-state index in [4.69, 9.17) is 9.37 Å². The number of carbonyl (C=O) groups is 1. The Labute approximate surface area is 172 Å². The molecule has 0 amide bonds. The summed E-state index contributed by atoms with van der Waals surface area (Å²) in [6.45, 7) is 3.13. The number of esters is 1. The van der Waals surface area contributed by atoms with Crippen LogP contribution in [0.5, 0.6) is 0 Å². The summed E-state index contributed by atoms with van der Waals surface area (Å²) in [5.74, 6) is -0.401. The van der Waals surface area contributed by atoms with Gasteiger partial charge in [0.05, 0.1) is 17.2 Å². The average Bonchev–Trinajstić information content (AvgIpc) is 3.21. The molecule has 0 saturated carbocycles. The molecular weight excluding hydrogens is 390 g/mol. The van der Waals surface area contributed by atoms with E-state index in [-0.39, 0.29) is 17.8 Å². The van der Waals surface area contributed by atoms with Gasteiger partial charge in [0, 0.05) is 27.1 Å². The van der Waals surface area contributed by atoms with Crippen molar-refractivity contribution in [2.24, 2.45) is 0 Å². The van der Waals surface area contributed by atoms with Gasteiger partial charge in [-0.25, -0.2) is 4.63 Å². The van der Waals surface area contributed by atoms with Crippen LogP contribution in [0.15, 0.2) is 35.0 Å². The molecule has 1 aromatic heterocycles. The maximum Gasteiger partial charge on any atom is 0.323 e. The van der Waals surface area contributed by atoms with Crippen LogP contribution < -0.4 is 9.80 Å². The third-order valence-electron chi connectivity index (χ3n) is 5.27. The molecule has 1 aliphatic rings. The van der Waals surface area contributed by atoms with Gasteiger partial charge in [0.25, 0.3) is 0 Å². The Bertz CT molecular complexity index is 1110. The number of anilines is 2. The summed E-state index contributed by atoms with van der Waals surface area (Å²) in [7, 11) is 1.71. The van der Waals surface area contributed by atoms with Crippen LogP contribution in [0.25, 0.3) is 11.0 Å². The number of nitro benzene ring substituents is 1. The van der Waals surface area contributed by atoms with Gasteiger partial charge in [0.1, 0.15) is 12.3 Å². The summed E-state index contributed by atoms with van der Waals surface area (Å²) in [5, 5.41) is 19.6. The molecule has 2 heterocycles. The van der Waals surface area contributed by atoms with Crippen molar-refractivity contribution in [3.05, 3.63) is 51.6 Å². The fraction of sp³-hybridized carbons (Fsp3) is 0.350. The second-order valence-electron chi connectivity index (χ2n) is 7.18. The van der Waals surface area contributed by atoms with Crippen LogP contribution in [0.3, 0.4) is 0 Å². The second-order valence-corrected chi connectivity index (χ2v) is 7.18. The zero-order chi connectivity index (χ0) is 21.3. The number of carbonyl (C=O) groups excluding carboxylic acids is 1. The van der Waals surface area contributed by atoms with E-state index in [0.717, 1.165) is 18.7 Å². The molecule has 0 spiro atoms. The molecule has 10 nitrogen and oxygen atoms in total. The largest absolute Gasteiger partial charge is 0.464 e. The highest BCUT2D eigenvalue weighted by atomic mass is 16.6. The minimum absolute atomic E-state index is 0.102. The predicted molar refractivity (Wildman–Crippen MR) is 110 cm³/mol. The van der Waals surface area contributed by atoms with Crippen molar-refractivity contribution in [2.75, 3.05) is 36.5 Å². The average molecular weight is 411 g/mol. The van der Waals surface area contributed by atoms with Crippen molar-refractivity contribution >= 4 is 34.1 Å². The first-order chi connectivity index (χ1) is 14.5. The van der Waals surface area contributed by atoms with Gasteiger partial charge >= 0.3 is 11.7 Å². The van der Waals surface area contributed by atoms with Gasteiger partial charge in [-0.2, -0.15) is 0 Å². The molecule has 0 atom stereocenters. The molecule has 2 aromatic carbocycles. The number of ether oxygens (including phenoxy) is 1. The molecule has 3 aromatic rings. The molecular formula is C20H21N5O5. The van der Waals surface area contributed by atoms with Crippen molar-refractivity contribution in [2.45, 2.75) is 19.9 Å². The molecule has 0 aliphatic carbocycles. The number of hydrogen-bond acceptors (Lipinski definition) is 9. The Morgan fingerprint density at radius 2 is 2.03 bits per heavy atom. The Balaban J connectivity index is 1.75. The SMILES string of the molecule is CC(=O)OCCN(C)c1cc(N2CCc3ccccc3C2)c2nonc2c1[N+](=O)[O-]. The minimum Gasteiger partial charge on any atom is -0.464 e. The number of nitro groups is 1. The van der Waals surface area contributed by atoms with Gasteiger partial charge in [-0.15, -0.1) is 0 Å². The van der Waals surface area contributed by atoms with Crippen molar-refractivity contribution in [1.29, 1.82) is 0 Å². The zero-order valence-electron chi connectivity index (χ0n) is 16.7. The maximum atomic E-state index is 11.8. The Morgan fingerprint density at radius 3 is 2.77 bits per heavy atom. The summed E-state index contributed by atoms with van der Waals surface area (Å²) < 4.78 is 9.87. The second kappa shape index (κ2) is 7.97. The lowest BCUT2D eigenvalue weighted by atomic mass is 9.99. The van der Waals surface area contributed by atoms with E-state index in [1.165, 1.54) is 18.1 Å². The van der Waals surface area contributed by atoms with E-state index < -0.39 is 10.9 Å². The first kappa shape index (κ1) is 19.6. The molecule has 1 aliphatic heterocycles. The van der Waals surface area contributed by atoms with Gasteiger partial charge in [-0.3, -0.25) is 14.9 Å². The lowest BCUT2D eigenvalue weighted by molar-refractivity contribution is -0.382. The molecule has 0 fully saturated rings. The molecule has 30 heavy (non-hydrogen) atoms. The molecule has 10 heteroatoms. The maximum absolute atomic E-state index is 11.8. The fourth-order valence-corrected chi connectivity index (χ4v) is 3.76. The summed E-state index contributed by atoms with van der Waals surface area (Å²) in [5.41, 5.74) is 3.87. The van der Waals surface area contributed by atoms with Crippen LogP contribution in [0, 0.1) is 10.1 Å². The standard InChI is InChI=1S/C20H21N5O5/c1-13(26)29-10-9-23(2)17-11-16(18-19(22-30-21-18)20(17)25(27)28)24-8-7-14-5-3-4-6-15(14)12-24/h3-6,11H,7-10,12H2,1-2H3. The van der Waals surface area contributed by atoms with E-state index in [1.807, 2.05) is 12.1 Å². The first-order valence-corrected chi connectivity index (χ1v) is 9.55. The summed E-state index contributed by atoms with van der Waals surface area (Å²) in [6, 6.07) is 9.96. The van der Waals surface area contributed by atoms with Gasteiger partial charge < -0.3 is 14.5 Å². The van der Waals surface area contributed by atoms with Crippen molar-refractivity contribution in [3.8, 4) is 0 Å². The van der Waals surface area contributed by atoms with Gasteiger partial charge in [-0.05, 0) is 33.9 Å². The first-order valence-electron chi connectivity index (χ1n) is 9.55. The lowest BCUT2D eigenvalue weighted by Gasteiger charge is -2.31. The fourth-order valence-electron chi connectivity index (χ4n) is 3.76. The van der Waals surface area contributed by atoms with E-state index >= 15 is 0 Å². The predicted octanol–water partition coefficient (Wildman–Crippen LogP) is 2.69. The Hall–Kier alpha value is -3.69. The summed E-state index contributed by atoms with van der Waals surface area (Å²) in [6.07, 6.45) is 0.859. The highest BCUT2D eigenvalue weighted by molar-refractivity contribution is 6.00. The van der Waals surface area contributed by atoms with Crippen LogP contribution >= 0.6 is 0 Å². The van der Waals surface area contributed by atoms with Crippen molar-refractivity contribution in [3.63, 3.8) is 0 Å². The van der Waals surface area contributed by atoms with E-state index in [0.29, 0.717) is 24.3 Å². The van der Waals surface area contributed by atoms with Crippen LogP contribution in [0.2, 0.25) is 0 Å². The van der Waals surface area contributed by atoms with E-state index in [1.54, 1.807) is 18.0 Å². The van der Waals surface area contributed by atoms with E-state index in [9.17, 15) is 14.9 Å². The van der Waals surface area contributed by atoms with Crippen molar-refractivity contribution in [1.82, 2.24) is 10.3 Å². The zero-order valence-corrected chi connectivity index (χ0v) is 16.7. The summed E-state index contributed by atoms with van der Waals surface area (Å²) in [4.78, 5) is 26.2. The number of rotatable bonds is 6. The van der Waals surface area contributed by atoms with Crippen molar-refractivity contribution < 1.29 is 19.1 Å². The lowest BCUT2D eigenvalue weighted by Crippen LogP contribution is -2.31. The molecule has 0 saturated heterocycles. The number of aromatic nitrogens is 2. The smallest absolute Gasteiger partial charge is 0.323 e. The number of benzene rings is 2. The highest BCUT2D eigenvalue weighted by Crippen LogP contribution is 2.41. The van der Waals surface area contributed by atoms with Crippen LogP contribution in [-0.4, -0.2) is 48.0 Å². The highest BCUT2D eigenvalue weighted by Gasteiger charge is 2.30. The summed E-state index contributed by atoms with van der Waals surface area (Å²) >= 11 is 0. The molecule has 0 unspecified atom stereocenters. The Kier molecular flexibility index (Phi) is 5.21. The van der Waals surface area contributed by atoms with Gasteiger partial charge in [-0.1, -0.05) is 24.3 Å². The number of likely N-dealkylation sites (N-methyl/N-ethyl adjacent to an activating group) is 1. The Morgan fingerprint density at radius 1 is 1.30 bits per heavy atom. The molecule has 0 radical (unpaired) electrons. The van der Waals surface area contributed by atoms with Gasteiger partial charge in [0.15, 0.2) is 5.52 Å². The molecule has 0 bridgehead atoms. The normalized spacial score (nSPS) is 13.2. The van der Waals surface area contributed by atoms with Gasteiger partial charge in [0.2, 0.25) is 5.52 Å². The number of fused-ring (bicyclic) bond motifs is 2. The molecule has 156 valence electrons. The van der Waals surface area contributed by atoms with E-state index in [2.05, 4.69) is 27.3 Å². The topological polar surface area (TPSA) is 115 Å². The van der Waals surface area contributed by atoms with Crippen LogP contribution in [0.1, 0.15) is 18.1 Å².